The van der Waals surface area contributed by atoms with E-state index < -0.39 is 6.43 Å². The number of imidazole rings is 1. The van der Waals surface area contributed by atoms with Crippen LogP contribution in [0.4, 0.5) is 8.78 Å². The van der Waals surface area contributed by atoms with E-state index >= 15 is 0 Å². The summed E-state index contributed by atoms with van der Waals surface area (Å²) in [7, 11) is 2.13. The van der Waals surface area contributed by atoms with Gasteiger partial charge in [0.2, 0.25) is 0 Å². The average Bonchev–Trinajstić information content (AvgIpc) is 3.61. The predicted molar refractivity (Wildman–Crippen MR) is 141 cm³/mol. The van der Waals surface area contributed by atoms with Crippen molar-refractivity contribution in [3.63, 3.8) is 0 Å². The van der Waals surface area contributed by atoms with Crippen LogP contribution in [-0.4, -0.2) is 65.8 Å². The van der Waals surface area contributed by atoms with E-state index in [1.807, 2.05) is 6.92 Å². The van der Waals surface area contributed by atoms with E-state index in [0.717, 1.165) is 32.4 Å². The zero-order chi connectivity index (χ0) is 27.3. The number of hydrogen-bond acceptors (Lipinski definition) is 8. The Morgan fingerprint density at radius 3 is 2.63 bits per heavy atom. The lowest BCUT2D eigenvalue weighted by Crippen LogP contribution is -2.26. The number of rotatable bonds is 6. The minimum Gasteiger partial charge on any atom is -0.347 e. The third-order valence-electron chi connectivity index (χ3n) is 5.45. The van der Waals surface area contributed by atoms with Crippen LogP contribution in [0.5, 0.6) is 0 Å². The third-order valence-corrected chi connectivity index (χ3v) is 5.45. The molecule has 0 saturated heterocycles. The molecule has 0 unspecified atom stereocenters. The number of carbonyl (C=O) groups is 1. The van der Waals surface area contributed by atoms with Gasteiger partial charge < -0.3 is 9.88 Å². The van der Waals surface area contributed by atoms with Crippen molar-refractivity contribution < 1.29 is 13.6 Å². The van der Waals surface area contributed by atoms with Crippen LogP contribution in [0.1, 0.15) is 56.0 Å². The summed E-state index contributed by atoms with van der Waals surface area (Å²) in [5.41, 5.74) is 4.19. The molecule has 5 heterocycles. The van der Waals surface area contributed by atoms with Crippen LogP contribution >= 0.6 is 0 Å². The number of nitrogens with one attached hydrogen (secondary N) is 1. The molecule has 0 bridgehead atoms. The van der Waals surface area contributed by atoms with Crippen molar-refractivity contribution in [2.45, 2.75) is 46.1 Å². The van der Waals surface area contributed by atoms with Gasteiger partial charge in [0.05, 0.1) is 28.9 Å². The number of carbonyl (C=O) groups excluding carboxylic acids is 1. The first kappa shape index (κ1) is 28.4. The quantitative estimate of drug-likeness (QED) is 0.229. The van der Waals surface area contributed by atoms with Gasteiger partial charge in [0.15, 0.2) is 12.1 Å². The molecular formula is C26H31F2N9O. The van der Waals surface area contributed by atoms with E-state index in [-0.39, 0.29) is 5.69 Å². The SMILES string of the molecule is CCC/C(=N\N=C(/C)C=O)c1ncccn1.CN1CCc2nc[nH]c2C1.FC(F)c1cccc2ccnn12. The molecule has 12 heteroatoms. The van der Waals surface area contributed by atoms with E-state index in [1.165, 1.54) is 28.2 Å². The molecule has 0 aliphatic carbocycles. The molecule has 5 rings (SSSR count). The fourth-order valence-corrected chi connectivity index (χ4v) is 3.54. The van der Waals surface area contributed by atoms with Crippen LogP contribution in [0.3, 0.4) is 0 Å². The maximum absolute atomic E-state index is 12.3. The lowest BCUT2D eigenvalue weighted by atomic mass is 10.2. The number of likely N-dealkylation sites (N-methyl/N-ethyl adjacent to an activating group) is 1. The highest BCUT2D eigenvalue weighted by Gasteiger charge is 2.14. The van der Waals surface area contributed by atoms with Crippen LogP contribution in [0.15, 0.2) is 65.5 Å². The minimum atomic E-state index is -2.48. The first-order valence-electron chi connectivity index (χ1n) is 12.2. The molecule has 0 aromatic carbocycles. The fourth-order valence-electron chi connectivity index (χ4n) is 3.54. The second kappa shape index (κ2) is 14.5. The standard InChI is InChI=1S/C11H14N4O.C8H6F2N2.C7H11N3/c1-3-5-10(15-14-9(2)8-16)11-12-6-4-7-13-11;9-8(10)7-3-1-2-6-4-5-11-12(6)7;1-10-3-2-6-7(4-10)9-5-8-6/h4,6-8H,3,5H2,1-2H3;1-5,8H;5H,2-4H2,1H3,(H,8,9)/b14-9+,15-10+;;. The van der Waals surface area contributed by atoms with Crippen LogP contribution in [0, 0.1) is 0 Å². The van der Waals surface area contributed by atoms with Crippen LogP contribution in [0.2, 0.25) is 0 Å². The van der Waals surface area contributed by atoms with Gasteiger partial charge in [-0.05, 0) is 44.7 Å². The molecule has 200 valence electrons. The Morgan fingerprint density at radius 2 is 1.92 bits per heavy atom. The van der Waals surface area contributed by atoms with Gasteiger partial charge in [0.1, 0.15) is 11.4 Å². The highest BCUT2D eigenvalue weighted by atomic mass is 19.3. The summed E-state index contributed by atoms with van der Waals surface area (Å²) in [4.78, 5) is 28.2. The predicted octanol–water partition coefficient (Wildman–Crippen LogP) is 4.31. The molecule has 4 aromatic heterocycles. The van der Waals surface area contributed by atoms with Gasteiger partial charge in [0, 0.05) is 38.1 Å². The van der Waals surface area contributed by atoms with Crippen molar-refractivity contribution >= 4 is 23.2 Å². The molecule has 0 radical (unpaired) electrons. The molecular weight excluding hydrogens is 492 g/mol. The summed E-state index contributed by atoms with van der Waals surface area (Å²) in [5, 5.41) is 11.6. The number of halogens is 2. The summed E-state index contributed by atoms with van der Waals surface area (Å²) in [6.07, 6.45) is 7.54. The van der Waals surface area contributed by atoms with Gasteiger partial charge >= 0.3 is 0 Å². The largest absolute Gasteiger partial charge is 0.347 e. The lowest BCUT2D eigenvalue weighted by Gasteiger charge is -2.20. The maximum atomic E-state index is 12.3. The van der Waals surface area contributed by atoms with Crippen LogP contribution in [-0.2, 0) is 17.8 Å². The highest BCUT2D eigenvalue weighted by molar-refractivity contribution is 6.27. The maximum Gasteiger partial charge on any atom is 0.280 e. The number of H-pyrrole nitrogens is 1. The number of aromatic amines is 1. The number of aromatic nitrogens is 6. The van der Waals surface area contributed by atoms with E-state index in [0.29, 0.717) is 29.1 Å². The number of alkyl halides is 2. The van der Waals surface area contributed by atoms with Gasteiger partial charge in [-0.2, -0.15) is 15.3 Å². The first-order chi connectivity index (χ1) is 18.4. The molecule has 4 aromatic rings. The Labute approximate surface area is 219 Å². The second-order valence-electron chi connectivity index (χ2n) is 8.46. The molecule has 1 aliphatic rings. The molecule has 0 spiro atoms. The highest BCUT2D eigenvalue weighted by Crippen LogP contribution is 2.19. The van der Waals surface area contributed by atoms with Gasteiger partial charge in [-0.25, -0.2) is 28.2 Å². The average molecular weight is 524 g/mol. The Hall–Kier alpha value is -4.19. The van der Waals surface area contributed by atoms with E-state index in [9.17, 15) is 13.6 Å². The van der Waals surface area contributed by atoms with Gasteiger partial charge in [-0.15, -0.1) is 0 Å². The molecule has 10 nitrogen and oxygen atoms in total. The number of aldehydes is 1. The van der Waals surface area contributed by atoms with Crippen molar-refractivity contribution in [3.8, 4) is 0 Å². The zero-order valence-corrected chi connectivity index (χ0v) is 21.6. The topological polar surface area (TPSA) is 117 Å². The van der Waals surface area contributed by atoms with Crippen molar-refractivity contribution in [3.05, 3.63) is 78.2 Å². The minimum absolute atomic E-state index is 0.0718. The van der Waals surface area contributed by atoms with Gasteiger partial charge in [0.25, 0.3) is 6.43 Å². The van der Waals surface area contributed by atoms with E-state index in [1.54, 1.807) is 49.9 Å². The summed E-state index contributed by atoms with van der Waals surface area (Å²) < 4.78 is 25.9. The Kier molecular flexibility index (Phi) is 10.8. The van der Waals surface area contributed by atoms with Crippen molar-refractivity contribution in [1.29, 1.82) is 0 Å². The Bertz CT molecular complexity index is 1350. The number of fused-ring (bicyclic) bond motifs is 2. The number of pyridine rings is 1. The molecule has 0 fully saturated rings. The van der Waals surface area contributed by atoms with Crippen molar-refractivity contribution in [2.75, 3.05) is 13.6 Å². The zero-order valence-electron chi connectivity index (χ0n) is 21.6. The van der Waals surface area contributed by atoms with Gasteiger partial charge in [-0.3, -0.25) is 4.79 Å². The molecule has 0 amide bonds. The Balaban J connectivity index is 0.000000162. The summed E-state index contributed by atoms with van der Waals surface area (Å²) in [6, 6.07) is 8.13. The summed E-state index contributed by atoms with van der Waals surface area (Å²) in [6.45, 7) is 5.80. The molecule has 1 N–H and O–H groups in total. The number of hydrogen-bond donors (Lipinski definition) is 1. The lowest BCUT2D eigenvalue weighted by molar-refractivity contribution is -0.102. The third kappa shape index (κ3) is 8.17. The van der Waals surface area contributed by atoms with E-state index in [4.69, 9.17) is 0 Å². The summed E-state index contributed by atoms with van der Waals surface area (Å²) >= 11 is 0. The van der Waals surface area contributed by atoms with Crippen LogP contribution < -0.4 is 0 Å². The molecule has 0 saturated carbocycles. The number of nitrogens with zero attached hydrogens (tertiary/aromatic N) is 8. The molecule has 38 heavy (non-hydrogen) atoms. The normalized spacial score (nSPS) is 13.8. The monoisotopic (exact) mass is 523 g/mol. The second-order valence-corrected chi connectivity index (χ2v) is 8.46. The molecule has 1 aliphatic heterocycles. The van der Waals surface area contributed by atoms with Crippen molar-refractivity contribution in [1.82, 2.24) is 34.4 Å². The first-order valence-corrected chi connectivity index (χ1v) is 12.2. The van der Waals surface area contributed by atoms with E-state index in [2.05, 4.69) is 47.2 Å². The van der Waals surface area contributed by atoms with Crippen LogP contribution in [0.25, 0.3) is 5.52 Å². The Morgan fingerprint density at radius 1 is 1.13 bits per heavy atom. The molecule has 0 atom stereocenters. The fraction of sp³-hybridized carbons (Fsp3) is 0.346. The smallest absolute Gasteiger partial charge is 0.280 e. The van der Waals surface area contributed by atoms with Crippen molar-refractivity contribution in [2.24, 2.45) is 10.2 Å². The van der Waals surface area contributed by atoms with Gasteiger partial charge in [-0.1, -0.05) is 19.4 Å². The summed E-state index contributed by atoms with van der Waals surface area (Å²) in [5.74, 6) is 0.562.